The summed E-state index contributed by atoms with van der Waals surface area (Å²) in [7, 11) is 0. The van der Waals surface area contributed by atoms with Gasteiger partial charge < -0.3 is 15.7 Å². The van der Waals surface area contributed by atoms with Gasteiger partial charge >= 0.3 is 12.2 Å². The molecule has 1 rings (SSSR count). The van der Waals surface area contributed by atoms with Crippen molar-refractivity contribution in [2.45, 2.75) is 26.1 Å². The second-order valence-corrected chi connectivity index (χ2v) is 4.73. The summed E-state index contributed by atoms with van der Waals surface area (Å²) < 4.78 is 51.2. The summed E-state index contributed by atoms with van der Waals surface area (Å²) in [4.78, 5) is 11.6. The largest absolute Gasteiger partial charge is 0.418 e. The normalized spacial score (nSPS) is 14.4. The highest BCUT2D eigenvalue weighted by molar-refractivity contribution is 5.90. The Morgan fingerprint density at radius 3 is 2.48 bits per heavy atom. The Balaban J connectivity index is 2.86. The third-order valence-electron chi connectivity index (χ3n) is 3.04. The van der Waals surface area contributed by atoms with E-state index >= 15 is 0 Å². The lowest BCUT2D eigenvalue weighted by Gasteiger charge is -2.20. The van der Waals surface area contributed by atoms with Crippen molar-refractivity contribution in [2.75, 3.05) is 11.9 Å². The summed E-state index contributed by atoms with van der Waals surface area (Å²) in [5.41, 5.74) is -1.80. The van der Waals surface area contributed by atoms with Crippen LogP contribution in [-0.4, -0.2) is 23.8 Å². The molecule has 2 atom stereocenters. The van der Waals surface area contributed by atoms with Crippen LogP contribution in [0.15, 0.2) is 18.2 Å². The number of alkyl halides is 3. The maximum Gasteiger partial charge on any atom is 0.418 e. The number of aliphatic hydroxyl groups is 1. The second-order valence-electron chi connectivity index (χ2n) is 4.73. The van der Waals surface area contributed by atoms with Crippen LogP contribution in [0.2, 0.25) is 0 Å². The minimum Gasteiger partial charge on any atom is -0.396 e. The molecule has 0 radical (unpaired) electrons. The Kier molecular flexibility index (Phi) is 5.54. The molecule has 0 saturated carbocycles. The van der Waals surface area contributed by atoms with E-state index in [0.29, 0.717) is 6.07 Å². The Hall–Kier alpha value is -1.83. The minimum absolute atomic E-state index is 0.175. The van der Waals surface area contributed by atoms with Gasteiger partial charge in [0.15, 0.2) is 0 Å². The molecule has 0 heterocycles. The third kappa shape index (κ3) is 4.89. The highest BCUT2D eigenvalue weighted by Crippen LogP contribution is 2.35. The van der Waals surface area contributed by atoms with Crippen molar-refractivity contribution in [2.24, 2.45) is 5.92 Å². The number of hydrogen-bond acceptors (Lipinski definition) is 2. The Labute approximate surface area is 119 Å². The van der Waals surface area contributed by atoms with Crippen molar-refractivity contribution >= 4 is 11.7 Å². The average Bonchev–Trinajstić information content (AvgIpc) is 2.38. The number of hydrogen-bond donors (Lipinski definition) is 3. The van der Waals surface area contributed by atoms with Crippen LogP contribution in [0.3, 0.4) is 0 Å². The van der Waals surface area contributed by atoms with Crippen LogP contribution >= 0.6 is 0 Å². The van der Waals surface area contributed by atoms with E-state index in [4.69, 9.17) is 5.11 Å². The molecule has 2 unspecified atom stereocenters. The molecule has 4 nitrogen and oxygen atoms in total. The number of rotatable bonds is 4. The summed E-state index contributed by atoms with van der Waals surface area (Å²) in [6.45, 7) is 3.10. The van der Waals surface area contributed by atoms with E-state index in [2.05, 4.69) is 5.32 Å². The Bertz CT molecular complexity index is 505. The fourth-order valence-corrected chi connectivity index (χ4v) is 1.53. The summed E-state index contributed by atoms with van der Waals surface area (Å²) in [5.74, 6) is -1.30. The molecule has 0 aliphatic heterocycles. The maximum absolute atomic E-state index is 12.9. The molecule has 1 aromatic rings. The summed E-state index contributed by atoms with van der Waals surface area (Å²) in [5, 5.41) is 13.4. The molecule has 0 spiro atoms. The molecule has 21 heavy (non-hydrogen) atoms. The molecular weight excluding hydrogens is 292 g/mol. The Morgan fingerprint density at radius 2 is 1.95 bits per heavy atom. The lowest BCUT2D eigenvalue weighted by Crippen LogP contribution is -2.41. The fraction of sp³-hybridized carbons (Fsp3) is 0.462. The predicted octanol–water partition coefficient (Wildman–Crippen LogP) is 2.98. The van der Waals surface area contributed by atoms with Gasteiger partial charge in [-0.3, -0.25) is 0 Å². The van der Waals surface area contributed by atoms with E-state index in [0.717, 1.165) is 12.1 Å². The molecule has 0 saturated heterocycles. The van der Waals surface area contributed by atoms with E-state index in [1.807, 2.05) is 5.32 Å². The van der Waals surface area contributed by atoms with Crippen molar-refractivity contribution in [3.8, 4) is 0 Å². The summed E-state index contributed by atoms with van der Waals surface area (Å²) >= 11 is 0. The van der Waals surface area contributed by atoms with Crippen LogP contribution < -0.4 is 10.6 Å². The number of nitrogens with one attached hydrogen (secondary N) is 2. The topological polar surface area (TPSA) is 61.4 Å². The Morgan fingerprint density at radius 1 is 1.33 bits per heavy atom. The van der Waals surface area contributed by atoms with Gasteiger partial charge in [-0.1, -0.05) is 6.92 Å². The van der Waals surface area contributed by atoms with Gasteiger partial charge in [0, 0.05) is 12.6 Å². The zero-order chi connectivity index (χ0) is 16.2. The SMILES string of the molecule is CC(CO)C(C)NC(=O)Nc1ccc(F)cc1C(F)(F)F. The molecular formula is C13H16F4N2O2. The van der Waals surface area contributed by atoms with Crippen molar-refractivity contribution < 1.29 is 27.5 Å². The average molecular weight is 308 g/mol. The van der Waals surface area contributed by atoms with E-state index in [1.54, 1.807) is 13.8 Å². The molecule has 118 valence electrons. The van der Waals surface area contributed by atoms with Gasteiger partial charge in [0.2, 0.25) is 0 Å². The monoisotopic (exact) mass is 308 g/mol. The highest BCUT2D eigenvalue weighted by Gasteiger charge is 2.34. The highest BCUT2D eigenvalue weighted by atomic mass is 19.4. The van der Waals surface area contributed by atoms with Gasteiger partial charge in [0.25, 0.3) is 0 Å². The van der Waals surface area contributed by atoms with Crippen LogP contribution in [0.1, 0.15) is 19.4 Å². The van der Waals surface area contributed by atoms with Crippen LogP contribution in [0.5, 0.6) is 0 Å². The lowest BCUT2D eigenvalue weighted by molar-refractivity contribution is -0.137. The van der Waals surface area contributed by atoms with Crippen LogP contribution in [0.25, 0.3) is 0 Å². The van der Waals surface area contributed by atoms with E-state index in [-0.39, 0.29) is 12.5 Å². The number of aliphatic hydroxyl groups excluding tert-OH is 1. The maximum atomic E-state index is 12.9. The van der Waals surface area contributed by atoms with Gasteiger partial charge in [-0.15, -0.1) is 0 Å². The van der Waals surface area contributed by atoms with Gasteiger partial charge in [0.1, 0.15) is 5.82 Å². The van der Waals surface area contributed by atoms with Crippen molar-refractivity contribution in [3.05, 3.63) is 29.6 Å². The van der Waals surface area contributed by atoms with E-state index in [1.165, 1.54) is 0 Å². The van der Waals surface area contributed by atoms with E-state index in [9.17, 15) is 22.4 Å². The number of carbonyl (C=O) groups excluding carboxylic acids is 1. The van der Waals surface area contributed by atoms with E-state index < -0.39 is 35.3 Å². The molecule has 0 aliphatic carbocycles. The third-order valence-corrected chi connectivity index (χ3v) is 3.04. The molecule has 1 aromatic carbocycles. The number of urea groups is 1. The van der Waals surface area contributed by atoms with Crippen molar-refractivity contribution in [3.63, 3.8) is 0 Å². The number of halogens is 4. The molecule has 0 bridgehead atoms. The first-order chi connectivity index (χ1) is 9.65. The molecule has 3 N–H and O–H groups in total. The molecule has 0 aromatic heterocycles. The van der Waals surface area contributed by atoms with Crippen molar-refractivity contribution in [1.82, 2.24) is 5.32 Å². The zero-order valence-corrected chi connectivity index (χ0v) is 11.5. The quantitative estimate of drug-likeness (QED) is 0.749. The molecule has 0 fully saturated rings. The fourth-order valence-electron chi connectivity index (χ4n) is 1.53. The smallest absolute Gasteiger partial charge is 0.396 e. The number of benzene rings is 1. The van der Waals surface area contributed by atoms with Gasteiger partial charge in [-0.2, -0.15) is 13.2 Å². The first kappa shape index (κ1) is 17.2. The summed E-state index contributed by atoms with van der Waals surface area (Å²) in [6, 6.07) is 0.683. The zero-order valence-electron chi connectivity index (χ0n) is 11.5. The van der Waals surface area contributed by atoms with Crippen LogP contribution in [-0.2, 0) is 6.18 Å². The number of carbonyl (C=O) groups is 1. The minimum atomic E-state index is -4.78. The van der Waals surface area contributed by atoms with Crippen LogP contribution in [0, 0.1) is 11.7 Å². The molecule has 8 heteroatoms. The van der Waals surface area contributed by atoms with Gasteiger partial charge in [-0.25, -0.2) is 9.18 Å². The van der Waals surface area contributed by atoms with Gasteiger partial charge in [-0.05, 0) is 31.0 Å². The standard InChI is InChI=1S/C13H16F4N2O2/c1-7(6-20)8(2)18-12(21)19-11-4-3-9(14)5-10(11)13(15,16)17/h3-5,7-8,20H,6H2,1-2H3,(H2,18,19,21). The first-order valence-electron chi connectivity index (χ1n) is 6.20. The first-order valence-corrected chi connectivity index (χ1v) is 6.20. The molecule has 2 amide bonds. The van der Waals surface area contributed by atoms with Crippen LogP contribution in [0.4, 0.5) is 28.0 Å². The second kappa shape index (κ2) is 6.75. The van der Waals surface area contributed by atoms with Gasteiger partial charge in [0.05, 0.1) is 11.3 Å². The predicted molar refractivity (Wildman–Crippen MR) is 69.3 cm³/mol. The van der Waals surface area contributed by atoms with Crippen molar-refractivity contribution in [1.29, 1.82) is 0 Å². The number of amides is 2. The number of anilines is 1. The lowest BCUT2D eigenvalue weighted by atomic mass is 10.1. The summed E-state index contributed by atoms with van der Waals surface area (Å²) in [6.07, 6.45) is -4.78. The molecule has 0 aliphatic rings.